The Hall–Kier alpha value is -3.46. The molecule has 0 aromatic heterocycles. The van der Waals surface area contributed by atoms with Crippen LogP contribution in [0, 0.1) is 13.8 Å². The van der Waals surface area contributed by atoms with Gasteiger partial charge in [0.1, 0.15) is 0 Å². The average molecular weight is 349 g/mol. The fraction of sp³-hybridized carbons (Fsp3) is 0.0833. The molecule has 0 fully saturated rings. The van der Waals surface area contributed by atoms with E-state index in [2.05, 4.69) is 43.4 Å². The van der Waals surface area contributed by atoms with Crippen LogP contribution in [0.2, 0.25) is 0 Å². The molecule has 0 saturated carbocycles. The van der Waals surface area contributed by atoms with Gasteiger partial charge in [0.2, 0.25) is 0 Å². The Morgan fingerprint density at radius 2 is 0.926 bits per heavy atom. The fourth-order valence-electron chi connectivity index (χ4n) is 4.88. The molecule has 27 heavy (non-hydrogen) atoms. The summed E-state index contributed by atoms with van der Waals surface area (Å²) >= 11 is 0. The third-order valence-corrected chi connectivity index (χ3v) is 6.03. The van der Waals surface area contributed by atoms with E-state index in [1.54, 1.807) is 0 Å². The molecule has 1 aliphatic rings. The van der Waals surface area contributed by atoms with Crippen molar-refractivity contribution in [3.05, 3.63) is 70.8 Å². The van der Waals surface area contributed by atoms with E-state index in [-0.39, 0.29) is 11.8 Å². The van der Waals surface area contributed by atoms with Crippen molar-refractivity contribution < 1.29 is 9.59 Å². The summed E-state index contributed by atoms with van der Waals surface area (Å²) in [5, 5.41) is 11.3. The maximum Gasteiger partial charge on any atom is 0.258 e. The van der Waals surface area contributed by atoms with Gasteiger partial charge in [0.25, 0.3) is 11.8 Å². The van der Waals surface area contributed by atoms with Crippen LogP contribution in [0.25, 0.3) is 43.1 Å². The van der Waals surface area contributed by atoms with Crippen LogP contribution in [-0.2, 0) is 0 Å². The number of rotatable bonds is 0. The Bertz CT molecular complexity index is 1390. The van der Waals surface area contributed by atoms with E-state index in [4.69, 9.17) is 0 Å². The summed E-state index contributed by atoms with van der Waals surface area (Å²) < 4.78 is 0. The first-order valence-electron chi connectivity index (χ1n) is 9.05. The zero-order valence-corrected chi connectivity index (χ0v) is 14.9. The standard InChI is InChI=1S/C24H15NO2/c1-11-3-5-13-15-7-9-17-22-18(24(27)25-23(17)26)10-8-16(21(15)22)14-6-4-12(2)19(11)20(13)14/h3-10H,1-2H3,(H,25,26,27). The summed E-state index contributed by atoms with van der Waals surface area (Å²) in [7, 11) is 0. The van der Waals surface area contributed by atoms with Crippen LogP contribution in [-0.4, -0.2) is 11.8 Å². The van der Waals surface area contributed by atoms with Gasteiger partial charge in [-0.05, 0) is 74.8 Å². The van der Waals surface area contributed by atoms with Crippen LogP contribution in [0.5, 0.6) is 0 Å². The lowest BCUT2D eigenvalue weighted by Crippen LogP contribution is -2.34. The lowest BCUT2D eigenvalue weighted by Gasteiger charge is -2.21. The molecule has 3 heteroatoms. The third kappa shape index (κ3) is 1.62. The predicted octanol–water partition coefficient (Wildman–Crippen LogP) is 5.24. The normalized spacial score (nSPS) is 14.0. The Labute approximate surface area is 154 Å². The van der Waals surface area contributed by atoms with Gasteiger partial charge in [-0.25, -0.2) is 0 Å². The molecule has 1 heterocycles. The summed E-state index contributed by atoms with van der Waals surface area (Å²) in [5.41, 5.74) is 3.67. The summed E-state index contributed by atoms with van der Waals surface area (Å²) in [6.07, 6.45) is 0. The van der Waals surface area contributed by atoms with Crippen LogP contribution in [0.1, 0.15) is 31.8 Å². The Morgan fingerprint density at radius 1 is 0.519 bits per heavy atom. The van der Waals surface area contributed by atoms with E-state index in [9.17, 15) is 9.59 Å². The van der Waals surface area contributed by atoms with Gasteiger partial charge >= 0.3 is 0 Å². The first-order valence-corrected chi connectivity index (χ1v) is 9.05. The molecule has 0 saturated heterocycles. The first-order chi connectivity index (χ1) is 13.1. The van der Waals surface area contributed by atoms with Crippen LogP contribution in [0.3, 0.4) is 0 Å². The molecule has 5 aromatic carbocycles. The quantitative estimate of drug-likeness (QED) is 0.236. The summed E-state index contributed by atoms with van der Waals surface area (Å²) in [6.45, 7) is 4.29. The van der Waals surface area contributed by atoms with E-state index < -0.39 is 0 Å². The molecule has 6 rings (SSSR count). The van der Waals surface area contributed by atoms with Crippen molar-refractivity contribution in [2.75, 3.05) is 0 Å². The van der Waals surface area contributed by atoms with Gasteiger partial charge in [0, 0.05) is 16.5 Å². The van der Waals surface area contributed by atoms with Gasteiger partial charge in [-0.2, -0.15) is 0 Å². The molecule has 3 nitrogen and oxygen atoms in total. The smallest absolute Gasteiger partial charge is 0.258 e. The molecular weight excluding hydrogens is 334 g/mol. The molecule has 0 atom stereocenters. The highest BCUT2D eigenvalue weighted by Crippen LogP contribution is 2.44. The highest BCUT2D eigenvalue weighted by atomic mass is 16.2. The van der Waals surface area contributed by atoms with Gasteiger partial charge in [-0.3, -0.25) is 14.9 Å². The van der Waals surface area contributed by atoms with Crippen molar-refractivity contribution in [3.63, 3.8) is 0 Å². The van der Waals surface area contributed by atoms with Crippen molar-refractivity contribution in [3.8, 4) is 0 Å². The number of hydrogen-bond donors (Lipinski definition) is 1. The summed E-state index contributed by atoms with van der Waals surface area (Å²) in [5.74, 6) is -0.639. The maximum absolute atomic E-state index is 12.4. The number of carbonyl (C=O) groups excluding carboxylic acids is 2. The Morgan fingerprint density at radius 3 is 1.41 bits per heavy atom. The molecule has 0 bridgehead atoms. The number of fused-ring (bicyclic) bond motifs is 2. The number of nitrogens with one attached hydrogen (secondary N) is 1. The molecule has 0 aliphatic carbocycles. The molecule has 0 spiro atoms. The second-order valence-corrected chi connectivity index (χ2v) is 7.46. The zero-order chi connectivity index (χ0) is 18.4. The second kappa shape index (κ2) is 4.63. The molecule has 128 valence electrons. The van der Waals surface area contributed by atoms with Gasteiger partial charge in [0.15, 0.2) is 0 Å². The second-order valence-electron chi connectivity index (χ2n) is 7.46. The summed E-state index contributed by atoms with van der Waals surface area (Å²) in [4.78, 5) is 24.8. The van der Waals surface area contributed by atoms with Gasteiger partial charge in [-0.15, -0.1) is 0 Å². The number of carbonyl (C=O) groups is 2. The minimum atomic E-state index is -0.319. The number of hydrogen-bond acceptors (Lipinski definition) is 2. The monoisotopic (exact) mass is 349 g/mol. The molecule has 0 unspecified atom stereocenters. The number of amides is 2. The minimum Gasteiger partial charge on any atom is -0.288 e. The number of aryl methyl sites for hydroxylation is 2. The molecule has 5 aromatic rings. The molecule has 1 aliphatic heterocycles. The topological polar surface area (TPSA) is 46.2 Å². The van der Waals surface area contributed by atoms with Crippen molar-refractivity contribution in [2.45, 2.75) is 13.8 Å². The van der Waals surface area contributed by atoms with Crippen LogP contribution < -0.4 is 5.32 Å². The minimum absolute atomic E-state index is 0.319. The lowest BCUT2D eigenvalue weighted by molar-refractivity contribution is 0.0845. The highest BCUT2D eigenvalue weighted by Gasteiger charge is 2.27. The third-order valence-electron chi connectivity index (χ3n) is 6.03. The Kier molecular flexibility index (Phi) is 2.52. The van der Waals surface area contributed by atoms with Crippen molar-refractivity contribution in [2.24, 2.45) is 0 Å². The number of imide groups is 1. The number of benzene rings is 5. The van der Waals surface area contributed by atoms with E-state index in [0.29, 0.717) is 11.1 Å². The zero-order valence-electron chi connectivity index (χ0n) is 14.9. The largest absolute Gasteiger partial charge is 0.288 e. The Balaban J connectivity index is 2.02. The van der Waals surface area contributed by atoms with Gasteiger partial charge in [-0.1, -0.05) is 36.4 Å². The van der Waals surface area contributed by atoms with Gasteiger partial charge < -0.3 is 0 Å². The SMILES string of the molecule is Cc1ccc2c3ccc4c5c(ccc(c6ccc(C)c1c26)c53)C(=O)NC4=O. The van der Waals surface area contributed by atoms with E-state index in [0.717, 1.165) is 21.5 Å². The average Bonchev–Trinajstić information content (AvgIpc) is 2.66. The molecule has 0 radical (unpaired) electrons. The van der Waals surface area contributed by atoms with Gasteiger partial charge in [0.05, 0.1) is 0 Å². The van der Waals surface area contributed by atoms with Crippen LogP contribution in [0.15, 0.2) is 48.5 Å². The van der Waals surface area contributed by atoms with Crippen LogP contribution in [0.4, 0.5) is 0 Å². The molecule has 2 amide bonds. The first kappa shape index (κ1) is 14.7. The van der Waals surface area contributed by atoms with Crippen molar-refractivity contribution >= 4 is 54.9 Å². The summed E-state index contributed by atoms with van der Waals surface area (Å²) in [6, 6.07) is 16.4. The fourth-order valence-corrected chi connectivity index (χ4v) is 4.88. The van der Waals surface area contributed by atoms with Crippen molar-refractivity contribution in [1.82, 2.24) is 5.32 Å². The highest BCUT2D eigenvalue weighted by molar-refractivity contribution is 6.38. The molecule has 1 N–H and O–H groups in total. The molecular formula is C24H15NO2. The van der Waals surface area contributed by atoms with Crippen LogP contribution >= 0.6 is 0 Å². The predicted molar refractivity (Wildman–Crippen MR) is 109 cm³/mol. The van der Waals surface area contributed by atoms with E-state index in [1.165, 1.54) is 32.7 Å². The van der Waals surface area contributed by atoms with E-state index >= 15 is 0 Å². The van der Waals surface area contributed by atoms with Crippen molar-refractivity contribution in [1.29, 1.82) is 0 Å². The maximum atomic E-state index is 12.4. The van der Waals surface area contributed by atoms with E-state index in [1.807, 2.05) is 24.3 Å². The lowest BCUT2D eigenvalue weighted by atomic mass is 9.84.